The molecule has 210 valence electrons. The Hall–Kier alpha value is -4.34. The molecule has 0 radical (unpaired) electrons. The van der Waals surface area contributed by atoms with E-state index in [0.717, 1.165) is 36.5 Å². The van der Waals surface area contributed by atoms with Crippen molar-refractivity contribution in [2.75, 3.05) is 18.0 Å². The predicted octanol–water partition coefficient (Wildman–Crippen LogP) is 6.36. The van der Waals surface area contributed by atoms with Gasteiger partial charge in [-0.2, -0.15) is 22.3 Å². The standard InChI is InChI=1S/C30H29F4N3O3/c1-2-36(15-12-21-6-4-3-5-7-21)28-11-9-24(20-35-28)25(18-22-13-16-37(38)17-14-22)23-8-10-26(39-29(31)32)27(19-23)40-30(33)34/h3-11,13-14,16-17,19-20,25,29-30H,2,12,15,18H2,1H3. The van der Waals surface area contributed by atoms with Crippen LogP contribution in [0.25, 0.3) is 0 Å². The molecule has 0 N–H and O–H groups in total. The lowest BCUT2D eigenvalue weighted by Crippen LogP contribution is -2.26. The summed E-state index contributed by atoms with van der Waals surface area (Å²) in [5.41, 5.74) is 3.33. The Labute approximate surface area is 230 Å². The zero-order valence-electron chi connectivity index (χ0n) is 21.8. The largest absolute Gasteiger partial charge is 0.619 e. The van der Waals surface area contributed by atoms with Crippen LogP contribution in [0.5, 0.6) is 11.5 Å². The van der Waals surface area contributed by atoms with Gasteiger partial charge < -0.3 is 19.6 Å². The molecular weight excluding hydrogens is 526 g/mol. The molecule has 0 spiro atoms. The normalized spacial score (nSPS) is 12.0. The third-order valence-corrected chi connectivity index (χ3v) is 6.51. The molecule has 4 rings (SSSR count). The summed E-state index contributed by atoms with van der Waals surface area (Å²) in [6, 6.07) is 21.3. The Morgan fingerprint density at radius 2 is 1.50 bits per heavy atom. The number of halogens is 4. The molecule has 0 aliphatic carbocycles. The van der Waals surface area contributed by atoms with E-state index in [0.29, 0.717) is 16.7 Å². The van der Waals surface area contributed by atoms with Crippen molar-refractivity contribution in [1.82, 2.24) is 4.98 Å². The van der Waals surface area contributed by atoms with Crippen LogP contribution in [-0.2, 0) is 12.8 Å². The molecule has 2 aromatic heterocycles. The maximum atomic E-state index is 13.1. The first-order valence-electron chi connectivity index (χ1n) is 12.8. The van der Waals surface area contributed by atoms with Gasteiger partial charge in [0.25, 0.3) is 0 Å². The third-order valence-electron chi connectivity index (χ3n) is 6.51. The fourth-order valence-corrected chi connectivity index (χ4v) is 4.50. The number of alkyl halides is 4. The maximum Gasteiger partial charge on any atom is 0.387 e. The minimum absolute atomic E-state index is 0.385. The van der Waals surface area contributed by atoms with E-state index >= 15 is 0 Å². The molecule has 0 aliphatic heterocycles. The number of hydrogen-bond acceptors (Lipinski definition) is 5. The third kappa shape index (κ3) is 7.84. The van der Waals surface area contributed by atoms with E-state index in [9.17, 15) is 22.8 Å². The monoisotopic (exact) mass is 555 g/mol. The Balaban J connectivity index is 1.64. The second kappa shape index (κ2) is 13.6. The van der Waals surface area contributed by atoms with Gasteiger partial charge in [0.1, 0.15) is 5.82 Å². The van der Waals surface area contributed by atoms with E-state index in [1.807, 2.05) is 30.3 Å². The maximum absolute atomic E-state index is 13.1. The summed E-state index contributed by atoms with van der Waals surface area (Å²) < 4.78 is 61.5. The van der Waals surface area contributed by atoms with Gasteiger partial charge in [0.15, 0.2) is 23.9 Å². The number of ether oxygens (including phenoxy) is 2. The van der Waals surface area contributed by atoms with Crippen molar-refractivity contribution >= 4 is 5.82 Å². The van der Waals surface area contributed by atoms with Gasteiger partial charge in [0.2, 0.25) is 0 Å². The van der Waals surface area contributed by atoms with Gasteiger partial charge in [-0.05, 0) is 60.2 Å². The van der Waals surface area contributed by atoms with Crippen LogP contribution >= 0.6 is 0 Å². The van der Waals surface area contributed by atoms with Gasteiger partial charge in [-0.1, -0.05) is 42.5 Å². The predicted molar refractivity (Wildman–Crippen MR) is 143 cm³/mol. The second-order valence-corrected chi connectivity index (χ2v) is 9.05. The highest BCUT2D eigenvalue weighted by molar-refractivity contribution is 5.48. The van der Waals surface area contributed by atoms with E-state index in [1.165, 1.54) is 36.2 Å². The summed E-state index contributed by atoms with van der Waals surface area (Å²) in [6.07, 6.45) is 5.69. The van der Waals surface area contributed by atoms with Gasteiger partial charge in [0, 0.05) is 37.3 Å². The van der Waals surface area contributed by atoms with Gasteiger partial charge >= 0.3 is 13.2 Å². The molecule has 4 aromatic rings. The molecule has 0 saturated carbocycles. The van der Waals surface area contributed by atoms with Crippen molar-refractivity contribution in [3.05, 3.63) is 119 Å². The number of rotatable bonds is 13. The first-order chi connectivity index (χ1) is 19.3. The van der Waals surface area contributed by atoms with E-state index < -0.39 is 30.6 Å². The van der Waals surface area contributed by atoms with Crippen molar-refractivity contribution in [1.29, 1.82) is 0 Å². The average molecular weight is 556 g/mol. The number of pyridine rings is 2. The molecule has 0 aliphatic rings. The SMILES string of the molecule is CCN(CCc1ccccc1)c1ccc(C(Cc2cc[n+]([O-])cc2)c2ccc(OC(F)F)c(OC(F)F)c2)cn1. The molecule has 1 unspecified atom stereocenters. The quantitative estimate of drug-likeness (QED) is 0.109. The number of anilines is 1. The van der Waals surface area contributed by atoms with Crippen LogP contribution in [0, 0.1) is 5.21 Å². The van der Waals surface area contributed by atoms with Crippen LogP contribution < -0.4 is 19.1 Å². The van der Waals surface area contributed by atoms with E-state index in [-0.39, 0.29) is 0 Å². The minimum atomic E-state index is -3.23. The zero-order valence-corrected chi connectivity index (χ0v) is 21.8. The summed E-state index contributed by atoms with van der Waals surface area (Å²) in [5, 5.41) is 11.5. The highest BCUT2D eigenvalue weighted by Crippen LogP contribution is 2.37. The fraction of sp³-hybridized carbons (Fsp3) is 0.267. The van der Waals surface area contributed by atoms with E-state index in [1.54, 1.807) is 18.3 Å². The van der Waals surface area contributed by atoms with Gasteiger partial charge in [-0.25, -0.2) is 4.98 Å². The first-order valence-corrected chi connectivity index (χ1v) is 12.8. The fourth-order valence-electron chi connectivity index (χ4n) is 4.50. The number of benzene rings is 2. The summed E-state index contributed by atoms with van der Waals surface area (Å²) in [7, 11) is 0. The molecule has 2 aromatic carbocycles. The molecule has 40 heavy (non-hydrogen) atoms. The Bertz CT molecular complexity index is 1340. The minimum Gasteiger partial charge on any atom is -0.619 e. The summed E-state index contributed by atoms with van der Waals surface area (Å²) in [4.78, 5) is 6.84. The number of hydrogen-bond donors (Lipinski definition) is 0. The van der Waals surface area contributed by atoms with Crippen LogP contribution in [0.4, 0.5) is 23.4 Å². The molecule has 2 heterocycles. The number of aromatic nitrogens is 2. The Morgan fingerprint density at radius 1 is 0.825 bits per heavy atom. The van der Waals surface area contributed by atoms with Crippen molar-refractivity contribution in [3.63, 3.8) is 0 Å². The number of likely N-dealkylation sites (N-methyl/N-ethyl adjacent to an activating group) is 1. The molecule has 0 fully saturated rings. The Morgan fingerprint density at radius 3 is 2.12 bits per heavy atom. The van der Waals surface area contributed by atoms with Crippen molar-refractivity contribution < 1.29 is 31.8 Å². The highest BCUT2D eigenvalue weighted by Gasteiger charge is 2.22. The van der Waals surface area contributed by atoms with Crippen molar-refractivity contribution in [3.8, 4) is 11.5 Å². The van der Waals surface area contributed by atoms with E-state index in [4.69, 9.17) is 0 Å². The lowest BCUT2D eigenvalue weighted by molar-refractivity contribution is -0.605. The zero-order chi connectivity index (χ0) is 28.5. The molecule has 6 nitrogen and oxygen atoms in total. The Kier molecular flexibility index (Phi) is 9.77. The van der Waals surface area contributed by atoms with Gasteiger partial charge in [-0.15, -0.1) is 0 Å². The second-order valence-electron chi connectivity index (χ2n) is 9.05. The lowest BCUT2D eigenvalue weighted by atomic mass is 9.86. The van der Waals surface area contributed by atoms with E-state index in [2.05, 4.69) is 38.4 Å². The first kappa shape index (κ1) is 28.7. The molecule has 0 bridgehead atoms. The smallest absolute Gasteiger partial charge is 0.387 e. The summed E-state index contributed by atoms with van der Waals surface area (Å²) in [5.74, 6) is -0.610. The van der Waals surface area contributed by atoms with Crippen LogP contribution in [-0.4, -0.2) is 31.3 Å². The van der Waals surface area contributed by atoms with Crippen LogP contribution in [0.1, 0.15) is 35.1 Å². The van der Waals surface area contributed by atoms with Gasteiger partial charge in [0.05, 0.1) is 0 Å². The van der Waals surface area contributed by atoms with Crippen molar-refractivity contribution in [2.24, 2.45) is 0 Å². The van der Waals surface area contributed by atoms with Crippen LogP contribution in [0.2, 0.25) is 0 Å². The molecule has 10 heteroatoms. The molecular formula is C30H29F4N3O3. The summed E-state index contributed by atoms with van der Waals surface area (Å²) in [6.45, 7) is -2.86. The lowest BCUT2D eigenvalue weighted by Gasteiger charge is -2.24. The van der Waals surface area contributed by atoms with Gasteiger partial charge in [-0.3, -0.25) is 0 Å². The van der Waals surface area contributed by atoms with Crippen LogP contribution in [0.3, 0.4) is 0 Å². The van der Waals surface area contributed by atoms with Crippen LogP contribution in [0.15, 0.2) is 91.4 Å². The topological polar surface area (TPSA) is 61.5 Å². The average Bonchev–Trinajstić information content (AvgIpc) is 2.94. The molecule has 0 saturated heterocycles. The number of nitrogens with zero attached hydrogens (tertiary/aromatic N) is 3. The molecule has 0 amide bonds. The van der Waals surface area contributed by atoms with Crippen molar-refractivity contribution in [2.45, 2.75) is 38.9 Å². The summed E-state index contributed by atoms with van der Waals surface area (Å²) >= 11 is 0. The molecule has 1 atom stereocenters. The highest BCUT2D eigenvalue weighted by atomic mass is 19.3.